The number of fused-ring (bicyclic) bond motifs is 2. The summed E-state index contributed by atoms with van der Waals surface area (Å²) in [4.78, 5) is 4.55. The molecule has 3 aromatic heterocycles. The molecule has 5 rings (SSSR count). The van der Waals surface area contributed by atoms with Crippen molar-refractivity contribution in [1.82, 2.24) is 29.5 Å². The average molecular weight is 467 g/mol. The van der Waals surface area contributed by atoms with Gasteiger partial charge < -0.3 is 4.74 Å². The monoisotopic (exact) mass is 466 g/mol. The van der Waals surface area contributed by atoms with E-state index in [0.29, 0.717) is 17.4 Å². The van der Waals surface area contributed by atoms with Gasteiger partial charge in [0, 0.05) is 18.2 Å². The first kappa shape index (κ1) is 20.5. The number of sulfonamides is 1. The highest BCUT2D eigenvalue weighted by Gasteiger charge is 2.15. The summed E-state index contributed by atoms with van der Waals surface area (Å²) in [6.45, 7) is 2.10. The van der Waals surface area contributed by atoms with E-state index in [2.05, 4.69) is 25.0 Å². The van der Waals surface area contributed by atoms with Crippen molar-refractivity contribution in [2.75, 3.05) is 13.2 Å². The first-order valence-corrected chi connectivity index (χ1v) is 12.1. The predicted octanol–water partition coefficient (Wildman–Crippen LogP) is 3.07. The summed E-state index contributed by atoms with van der Waals surface area (Å²) in [6, 6.07) is 17.9. The zero-order valence-electron chi connectivity index (χ0n) is 17.0. The summed E-state index contributed by atoms with van der Waals surface area (Å²) < 4.78 is 35.9. The molecule has 0 atom stereocenters. The van der Waals surface area contributed by atoms with Crippen LogP contribution >= 0.6 is 11.3 Å². The number of nitrogens with one attached hydrogen (secondary N) is 1. The Balaban J connectivity index is 1.25. The molecule has 2 aromatic carbocycles. The maximum absolute atomic E-state index is 12.6. The molecule has 9 nitrogen and oxygen atoms in total. The summed E-state index contributed by atoms with van der Waals surface area (Å²) in [6.07, 6.45) is 0. The molecule has 5 aromatic rings. The minimum Gasteiger partial charge on any atom is -0.475 e. The maximum atomic E-state index is 12.6. The molecule has 162 valence electrons. The molecule has 0 radical (unpaired) electrons. The van der Waals surface area contributed by atoms with Crippen molar-refractivity contribution in [3.8, 4) is 17.3 Å². The molecule has 0 aliphatic heterocycles. The van der Waals surface area contributed by atoms with Crippen LogP contribution in [-0.2, 0) is 10.0 Å². The van der Waals surface area contributed by atoms with Crippen LogP contribution in [0.25, 0.3) is 27.3 Å². The molecule has 3 heterocycles. The highest BCUT2D eigenvalue weighted by atomic mass is 32.2. The highest BCUT2D eigenvalue weighted by molar-refractivity contribution is 7.89. The lowest BCUT2D eigenvalue weighted by Gasteiger charge is -2.08. The molecular formula is C21H18N6O3S2. The fourth-order valence-electron chi connectivity index (χ4n) is 3.22. The van der Waals surface area contributed by atoms with Gasteiger partial charge in [-0.1, -0.05) is 30.3 Å². The van der Waals surface area contributed by atoms with Crippen LogP contribution in [0.4, 0.5) is 0 Å². The van der Waals surface area contributed by atoms with E-state index in [1.54, 1.807) is 34.8 Å². The average Bonchev–Trinajstić information content (AvgIpc) is 3.39. The van der Waals surface area contributed by atoms with Crippen molar-refractivity contribution in [2.24, 2.45) is 0 Å². The molecule has 32 heavy (non-hydrogen) atoms. The molecule has 0 aliphatic rings. The summed E-state index contributed by atoms with van der Waals surface area (Å²) in [7, 11) is -3.66. The van der Waals surface area contributed by atoms with Gasteiger partial charge in [-0.25, -0.2) is 18.1 Å². The van der Waals surface area contributed by atoms with E-state index in [1.165, 1.54) is 11.3 Å². The van der Waals surface area contributed by atoms with Crippen molar-refractivity contribution in [3.05, 3.63) is 65.7 Å². The second-order valence-corrected chi connectivity index (χ2v) is 9.94. The Morgan fingerprint density at radius 2 is 1.91 bits per heavy atom. The molecular weight excluding hydrogens is 448 g/mol. The summed E-state index contributed by atoms with van der Waals surface area (Å²) in [5.74, 6) is 0.940. The van der Waals surface area contributed by atoms with Crippen LogP contribution in [0, 0.1) is 6.92 Å². The maximum Gasteiger partial charge on any atom is 0.240 e. The van der Waals surface area contributed by atoms with Gasteiger partial charge in [0.05, 0.1) is 20.1 Å². The molecule has 0 saturated carbocycles. The normalized spacial score (nSPS) is 11.9. The van der Waals surface area contributed by atoms with Crippen molar-refractivity contribution in [3.63, 3.8) is 0 Å². The molecule has 0 unspecified atom stereocenters. The third-order valence-electron chi connectivity index (χ3n) is 4.69. The van der Waals surface area contributed by atoms with Crippen LogP contribution in [0.1, 0.15) is 5.01 Å². The number of hydrogen-bond acceptors (Lipinski definition) is 8. The second-order valence-electron chi connectivity index (χ2n) is 6.94. The number of nitrogens with zero attached hydrogens (tertiary/aromatic N) is 5. The molecule has 1 N–H and O–H groups in total. The number of thiazole rings is 1. The van der Waals surface area contributed by atoms with Gasteiger partial charge in [-0.05, 0) is 31.2 Å². The van der Waals surface area contributed by atoms with Gasteiger partial charge in [0.15, 0.2) is 11.5 Å². The number of rotatable bonds is 7. The smallest absolute Gasteiger partial charge is 0.240 e. The zero-order valence-corrected chi connectivity index (χ0v) is 18.6. The predicted molar refractivity (Wildman–Crippen MR) is 121 cm³/mol. The largest absolute Gasteiger partial charge is 0.475 e. The molecule has 0 amide bonds. The Hall–Kier alpha value is -3.41. The Morgan fingerprint density at radius 3 is 2.75 bits per heavy atom. The minimum absolute atomic E-state index is 0.0928. The first-order valence-electron chi connectivity index (χ1n) is 9.77. The fraction of sp³-hybridized carbons (Fsp3) is 0.143. The van der Waals surface area contributed by atoms with E-state index in [-0.39, 0.29) is 18.0 Å². The molecule has 0 fully saturated rings. The number of benzene rings is 2. The van der Waals surface area contributed by atoms with Crippen LogP contribution in [-0.4, -0.2) is 46.4 Å². The highest BCUT2D eigenvalue weighted by Crippen LogP contribution is 2.24. The molecule has 0 bridgehead atoms. The van der Waals surface area contributed by atoms with Gasteiger partial charge in [0.25, 0.3) is 0 Å². The van der Waals surface area contributed by atoms with E-state index in [9.17, 15) is 8.42 Å². The lowest BCUT2D eigenvalue weighted by atomic mass is 10.2. The van der Waals surface area contributed by atoms with E-state index >= 15 is 0 Å². The van der Waals surface area contributed by atoms with Crippen LogP contribution in [0.2, 0.25) is 0 Å². The Bertz CT molecular complexity index is 1510. The van der Waals surface area contributed by atoms with Crippen molar-refractivity contribution in [1.29, 1.82) is 0 Å². The second kappa shape index (κ2) is 8.26. The number of aryl methyl sites for hydroxylation is 1. The standard InChI is InChI=1S/C21H18N6O3S2/c1-14-23-17-8-7-16(13-18(17)31-14)32(28,29)22-11-12-30-20-10-9-19-24-25-21(27(19)26-20)15-5-3-2-4-6-15/h2-10,13,22H,11-12H2,1H3. The Labute approximate surface area is 187 Å². The van der Waals surface area contributed by atoms with Gasteiger partial charge in [0.2, 0.25) is 15.9 Å². The van der Waals surface area contributed by atoms with Gasteiger partial charge >= 0.3 is 0 Å². The molecule has 0 spiro atoms. The van der Waals surface area contributed by atoms with Crippen LogP contribution in [0.15, 0.2) is 65.6 Å². The van der Waals surface area contributed by atoms with Crippen LogP contribution < -0.4 is 9.46 Å². The number of hydrogen-bond donors (Lipinski definition) is 1. The van der Waals surface area contributed by atoms with Gasteiger partial charge in [-0.2, -0.15) is 4.52 Å². The van der Waals surface area contributed by atoms with Crippen LogP contribution in [0.3, 0.4) is 0 Å². The van der Waals surface area contributed by atoms with Crippen molar-refractivity contribution < 1.29 is 13.2 Å². The third kappa shape index (κ3) is 4.05. The molecule has 0 aliphatic carbocycles. The Morgan fingerprint density at radius 1 is 1.06 bits per heavy atom. The summed E-state index contributed by atoms with van der Waals surface area (Å²) >= 11 is 1.46. The molecule has 0 saturated heterocycles. The molecule has 11 heteroatoms. The minimum atomic E-state index is -3.66. The first-order chi connectivity index (χ1) is 15.5. The third-order valence-corrected chi connectivity index (χ3v) is 7.08. The van der Waals surface area contributed by atoms with Crippen LogP contribution in [0.5, 0.6) is 5.88 Å². The number of ether oxygens (including phenoxy) is 1. The SMILES string of the molecule is Cc1nc2ccc(S(=O)(=O)NCCOc3ccc4nnc(-c5ccccc5)n4n3)cc2s1. The quantitative estimate of drug-likeness (QED) is 0.367. The van der Waals surface area contributed by atoms with Gasteiger partial charge in [-0.15, -0.1) is 26.6 Å². The van der Waals surface area contributed by atoms with Gasteiger partial charge in [0.1, 0.15) is 6.61 Å². The summed E-state index contributed by atoms with van der Waals surface area (Å²) in [5, 5.41) is 13.6. The number of aromatic nitrogens is 5. The summed E-state index contributed by atoms with van der Waals surface area (Å²) in [5.41, 5.74) is 2.26. The van der Waals surface area contributed by atoms with Crippen molar-refractivity contribution in [2.45, 2.75) is 11.8 Å². The lowest BCUT2D eigenvalue weighted by molar-refractivity contribution is 0.306. The van der Waals surface area contributed by atoms with Gasteiger partial charge in [-0.3, -0.25) is 0 Å². The Kier molecular flexibility index (Phi) is 5.29. The van der Waals surface area contributed by atoms with E-state index in [1.807, 2.05) is 37.3 Å². The lowest BCUT2D eigenvalue weighted by Crippen LogP contribution is -2.28. The zero-order chi connectivity index (χ0) is 22.1. The van der Waals surface area contributed by atoms with E-state index in [4.69, 9.17) is 4.74 Å². The van der Waals surface area contributed by atoms with Crippen molar-refractivity contribution >= 4 is 37.2 Å². The van der Waals surface area contributed by atoms with E-state index in [0.717, 1.165) is 20.8 Å². The topological polar surface area (TPSA) is 111 Å². The fourth-order valence-corrected chi connectivity index (χ4v) is 5.20. The van der Waals surface area contributed by atoms with E-state index < -0.39 is 10.0 Å².